The van der Waals surface area contributed by atoms with Crippen LogP contribution >= 0.6 is 11.3 Å². The molecule has 0 aromatic carbocycles. The predicted octanol–water partition coefficient (Wildman–Crippen LogP) is 2.41. The third kappa shape index (κ3) is 3.33. The van der Waals surface area contributed by atoms with Crippen LogP contribution in [0, 0.1) is 13.8 Å². The standard InChI is InChI=1S/C14H18N4O3S/c1-5-18-8(3)7-10(17-18)12(19)16-14-15-9(4)11(22-14)13(20)21-6-2/h7H,5-6H2,1-4H3,(H,15,16,19). The van der Waals surface area contributed by atoms with Crippen LogP contribution in [0.4, 0.5) is 5.13 Å². The monoisotopic (exact) mass is 322 g/mol. The summed E-state index contributed by atoms with van der Waals surface area (Å²) in [5, 5.41) is 7.23. The molecule has 7 nitrogen and oxygen atoms in total. The van der Waals surface area contributed by atoms with Crippen LogP contribution in [-0.2, 0) is 11.3 Å². The SMILES string of the molecule is CCOC(=O)c1sc(NC(=O)c2cc(C)n(CC)n2)nc1C. The number of carbonyl (C=O) groups is 2. The fourth-order valence-electron chi connectivity index (χ4n) is 1.94. The normalized spacial score (nSPS) is 10.5. The first-order valence-electron chi connectivity index (χ1n) is 6.96. The number of aryl methyl sites for hydroxylation is 3. The van der Waals surface area contributed by atoms with Crippen LogP contribution in [-0.4, -0.2) is 33.2 Å². The number of aromatic nitrogens is 3. The van der Waals surface area contributed by atoms with E-state index in [9.17, 15) is 9.59 Å². The first-order chi connectivity index (χ1) is 10.5. The molecule has 0 atom stereocenters. The predicted molar refractivity (Wildman–Crippen MR) is 83.4 cm³/mol. The highest BCUT2D eigenvalue weighted by atomic mass is 32.1. The number of esters is 1. The number of ether oxygens (including phenoxy) is 1. The summed E-state index contributed by atoms with van der Waals surface area (Å²) in [5.74, 6) is -0.774. The van der Waals surface area contributed by atoms with Crippen molar-refractivity contribution in [3.8, 4) is 0 Å². The van der Waals surface area contributed by atoms with Crippen LogP contribution in [0.3, 0.4) is 0 Å². The van der Waals surface area contributed by atoms with E-state index in [1.165, 1.54) is 0 Å². The van der Waals surface area contributed by atoms with Gasteiger partial charge in [-0.15, -0.1) is 0 Å². The lowest BCUT2D eigenvalue weighted by atomic mass is 10.3. The van der Waals surface area contributed by atoms with E-state index in [1.54, 1.807) is 24.6 Å². The van der Waals surface area contributed by atoms with Crippen molar-refractivity contribution < 1.29 is 14.3 Å². The molecule has 0 unspecified atom stereocenters. The summed E-state index contributed by atoms with van der Waals surface area (Å²) < 4.78 is 6.69. The topological polar surface area (TPSA) is 86.1 Å². The van der Waals surface area contributed by atoms with Crippen molar-refractivity contribution in [1.29, 1.82) is 0 Å². The molecule has 22 heavy (non-hydrogen) atoms. The number of anilines is 1. The number of hydrogen-bond donors (Lipinski definition) is 1. The van der Waals surface area contributed by atoms with Crippen molar-refractivity contribution in [2.75, 3.05) is 11.9 Å². The zero-order chi connectivity index (χ0) is 16.3. The second-order valence-corrected chi connectivity index (χ2v) is 5.59. The third-order valence-corrected chi connectivity index (χ3v) is 4.04. The molecular formula is C14H18N4O3S. The smallest absolute Gasteiger partial charge is 0.350 e. The van der Waals surface area contributed by atoms with Gasteiger partial charge in [-0.1, -0.05) is 11.3 Å². The van der Waals surface area contributed by atoms with E-state index in [0.717, 1.165) is 17.0 Å². The summed E-state index contributed by atoms with van der Waals surface area (Å²) in [6, 6.07) is 1.71. The molecule has 2 aromatic heterocycles. The second-order valence-electron chi connectivity index (χ2n) is 4.59. The maximum Gasteiger partial charge on any atom is 0.350 e. The zero-order valence-electron chi connectivity index (χ0n) is 13.0. The van der Waals surface area contributed by atoms with Gasteiger partial charge < -0.3 is 4.74 Å². The van der Waals surface area contributed by atoms with Crippen molar-refractivity contribution in [2.24, 2.45) is 0 Å². The van der Waals surface area contributed by atoms with Crippen LogP contribution < -0.4 is 5.32 Å². The van der Waals surface area contributed by atoms with Gasteiger partial charge in [0.2, 0.25) is 0 Å². The Labute approximate surface area is 132 Å². The Morgan fingerprint density at radius 2 is 2.09 bits per heavy atom. The Kier molecular flexibility index (Phi) is 4.92. The average Bonchev–Trinajstić information content (AvgIpc) is 3.02. The number of amides is 1. The molecule has 2 heterocycles. The first kappa shape index (κ1) is 16.2. The van der Waals surface area contributed by atoms with Crippen molar-refractivity contribution in [3.05, 3.63) is 28.0 Å². The van der Waals surface area contributed by atoms with Crippen molar-refractivity contribution in [3.63, 3.8) is 0 Å². The third-order valence-electron chi connectivity index (χ3n) is 2.99. The van der Waals surface area contributed by atoms with Gasteiger partial charge in [-0.3, -0.25) is 14.8 Å². The summed E-state index contributed by atoms with van der Waals surface area (Å²) in [6.07, 6.45) is 0. The number of rotatable bonds is 5. The summed E-state index contributed by atoms with van der Waals surface area (Å²) >= 11 is 1.10. The van der Waals surface area contributed by atoms with Crippen molar-refractivity contribution in [2.45, 2.75) is 34.2 Å². The Hall–Kier alpha value is -2.22. The molecule has 118 valence electrons. The molecule has 0 aliphatic heterocycles. The van der Waals surface area contributed by atoms with E-state index in [0.29, 0.717) is 34.5 Å². The molecule has 0 radical (unpaired) electrons. The molecule has 1 amide bonds. The minimum absolute atomic E-state index is 0.297. The van der Waals surface area contributed by atoms with E-state index < -0.39 is 5.97 Å². The molecule has 0 spiro atoms. The molecule has 0 aliphatic rings. The fourth-order valence-corrected chi connectivity index (χ4v) is 2.79. The maximum absolute atomic E-state index is 12.2. The molecule has 8 heteroatoms. The van der Waals surface area contributed by atoms with Gasteiger partial charge >= 0.3 is 5.97 Å². The van der Waals surface area contributed by atoms with Gasteiger partial charge in [0.05, 0.1) is 12.3 Å². The Morgan fingerprint density at radius 3 is 2.68 bits per heavy atom. The van der Waals surface area contributed by atoms with Crippen LogP contribution in [0.1, 0.15) is 45.4 Å². The van der Waals surface area contributed by atoms with E-state index >= 15 is 0 Å². The Bertz CT molecular complexity index is 705. The number of nitrogens with zero attached hydrogens (tertiary/aromatic N) is 3. The van der Waals surface area contributed by atoms with Crippen LogP contribution in [0.25, 0.3) is 0 Å². The van der Waals surface area contributed by atoms with Crippen LogP contribution in [0.15, 0.2) is 6.07 Å². The number of nitrogens with one attached hydrogen (secondary N) is 1. The van der Waals surface area contributed by atoms with Gasteiger partial charge in [0, 0.05) is 12.2 Å². The van der Waals surface area contributed by atoms with Crippen molar-refractivity contribution in [1.82, 2.24) is 14.8 Å². The van der Waals surface area contributed by atoms with E-state index in [-0.39, 0.29) is 5.91 Å². The highest BCUT2D eigenvalue weighted by Gasteiger charge is 2.19. The molecule has 2 rings (SSSR count). The fraction of sp³-hybridized carbons (Fsp3) is 0.429. The van der Waals surface area contributed by atoms with E-state index in [2.05, 4.69) is 15.4 Å². The lowest BCUT2D eigenvalue weighted by Crippen LogP contribution is -2.13. The lowest BCUT2D eigenvalue weighted by molar-refractivity contribution is 0.0531. The molecular weight excluding hydrogens is 304 g/mol. The number of thiazole rings is 1. The maximum atomic E-state index is 12.2. The Morgan fingerprint density at radius 1 is 1.36 bits per heavy atom. The Balaban J connectivity index is 2.14. The first-order valence-corrected chi connectivity index (χ1v) is 7.78. The van der Waals surface area contributed by atoms with Gasteiger partial charge in [0.15, 0.2) is 10.8 Å². The van der Waals surface area contributed by atoms with Crippen molar-refractivity contribution >= 4 is 28.3 Å². The van der Waals surface area contributed by atoms with Gasteiger partial charge in [-0.05, 0) is 33.8 Å². The summed E-state index contributed by atoms with van der Waals surface area (Å²) in [7, 11) is 0. The summed E-state index contributed by atoms with van der Waals surface area (Å²) in [5.41, 5.74) is 1.77. The van der Waals surface area contributed by atoms with Crippen LogP contribution in [0.5, 0.6) is 0 Å². The molecule has 0 saturated heterocycles. The molecule has 0 fully saturated rings. The lowest BCUT2D eigenvalue weighted by Gasteiger charge is -1.98. The largest absolute Gasteiger partial charge is 0.462 e. The molecule has 0 bridgehead atoms. The molecule has 1 N–H and O–H groups in total. The zero-order valence-corrected chi connectivity index (χ0v) is 13.8. The molecule has 2 aromatic rings. The van der Waals surface area contributed by atoms with Gasteiger partial charge in [0.1, 0.15) is 4.88 Å². The highest BCUT2D eigenvalue weighted by molar-refractivity contribution is 7.17. The van der Waals surface area contributed by atoms with Gasteiger partial charge in [-0.2, -0.15) is 5.10 Å². The van der Waals surface area contributed by atoms with Gasteiger partial charge in [-0.25, -0.2) is 9.78 Å². The summed E-state index contributed by atoms with van der Waals surface area (Å²) in [6.45, 7) is 8.28. The minimum atomic E-state index is -0.427. The number of carbonyl (C=O) groups excluding carboxylic acids is 2. The second kappa shape index (κ2) is 6.69. The number of hydrogen-bond acceptors (Lipinski definition) is 6. The van der Waals surface area contributed by atoms with E-state index in [4.69, 9.17) is 4.74 Å². The van der Waals surface area contributed by atoms with E-state index in [1.807, 2.05) is 13.8 Å². The molecule has 0 saturated carbocycles. The minimum Gasteiger partial charge on any atom is -0.462 e. The quantitative estimate of drug-likeness (QED) is 0.854. The summed E-state index contributed by atoms with van der Waals surface area (Å²) in [4.78, 5) is 28.5. The molecule has 0 aliphatic carbocycles. The van der Waals surface area contributed by atoms with Crippen LogP contribution in [0.2, 0.25) is 0 Å². The van der Waals surface area contributed by atoms with Gasteiger partial charge in [0.25, 0.3) is 5.91 Å². The average molecular weight is 322 g/mol. The highest BCUT2D eigenvalue weighted by Crippen LogP contribution is 2.23.